The molecule has 0 bridgehead atoms. The Hall–Kier alpha value is -1.10. The molecule has 5 nitrogen and oxygen atoms in total. The Morgan fingerprint density at radius 3 is 2.68 bits per heavy atom. The average molecular weight is 270 g/mol. The standard InChI is InChI=1S/C14H26N2O3/c1-2-4-11(8-9-15)6-7-13(17)16-10-3-5-12(16)14(18)19/h11-12H,2-10,15H2,1H3,(H,18,19)/t11?,12-/m1/s1. The molecule has 1 saturated heterocycles. The molecule has 1 aliphatic rings. The van der Waals surface area contributed by atoms with Crippen LogP contribution in [0.25, 0.3) is 0 Å². The topological polar surface area (TPSA) is 83.6 Å². The van der Waals surface area contributed by atoms with E-state index in [4.69, 9.17) is 10.8 Å². The van der Waals surface area contributed by atoms with Crippen molar-refractivity contribution in [3.63, 3.8) is 0 Å². The monoisotopic (exact) mass is 270 g/mol. The maximum absolute atomic E-state index is 12.1. The fourth-order valence-corrected chi connectivity index (χ4v) is 2.87. The molecule has 1 unspecified atom stereocenters. The number of nitrogens with two attached hydrogens (primary N) is 1. The van der Waals surface area contributed by atoms with E-state index in [2.05, 4.69) is 6.92 Å². The van der Waals surface area contributed by atoms with Gasteiger partial charge in [-0.1, -0.05) is 19.8 Å². The number of hydrogen-bond donors (Lipinski definition) is 2. The van der Waals surface area contributed by atoms with Gasteiger partial charge in [0.2, 0.25) is 5.91 Å². The lowest BCUT2D eigenvalue weighted by Crippen LogP contribution is -2.40. The van der Waals surface area contributed by atoms with E-state index in [9.17, 15) is 9.59 Å². The fourth-order valence-electron chi connectivity index (χ4n) is 2.87. The molecular weight excluding hydrogens is 244 g/mol. The van der Waals surface area contributed by atoms with Crippen LogP contribution in [-0.4, -0.2) is 41.0 Å². The molecular formula is C14H26N2O3. The molecule has 1 aliphatic heterocycles. The zero-order chi connectivity index (χ0) is 14.3. The minimum absolute atomic E-state index is 0.0111. The van der Waals surface area contributed by atoms with Crippen LogP contribution in [0, 0.1) is 5.92 Å². The van der Waals surface area contributed by atoms with Crippen LogP contribution in [0.2, 0.25) is 0 Å². The van der Waals surface area contributed by atoms with Gasteiger partial charge in [-0.3, -0.25) is 4.79 Å². The summed E-state index contributed by atoms with van der Waals surface area (Å²) in [5.41, 5.74) is 5.58. The summed E-state index contributed by atoms with van der Waals surface area (Å²) in [5.74, 6) is -0.397. The zero-order valence-corrected chi connectivity index (χ0v) is 11.8. The van der Waals surface area contributed by atoms with Gasteiger partial charge in [0.15, 0.2) is 0 Å². The lowest BCUT2D eigenvalue weighted by atomic mass is 9.94. The Balaban J connectivity index is 2.43. The van der Waals surface area contributed by atoms with E-state index in [0.717, 1.165) is 32.1 Å². The Bertz CT molecular complexity index is 301. The molecule has 5 heteroatoms. The largest absolute Gasteiger partial charge is 0.480 e. The summed E-state index contributed by atoms with van der Waals surface area (Å²) in [7, 11) is 0. The van der Waals surface area contributed by atoms with Gasteiger partial charge in [0.1, 0.15) is 6.04 Å². The summed E-state index contributed by atoms with van der Waals surface area (Å²) in [5, 5.41) is 9.07. The van der Waals surface area contributed by atoms with E-state index in [1.165, 1.54) is 4.90 Å². The van der Waals surface area contributed by atoms with Crippen molar-refractivity contribution in [2.45, 2.75) is 57.9 Å². The number of carbonyl (C=O) groups excluding carboxylic acids is 1. The number of amides is 1. The van der Waals surface area contributed by atoms with Crippen molar-refractivity contribution in [3.8, 4) is 0 Å². The predicted octanol–water partition coefficient (Wildman–Crippen LogP) is 1.61. The van der Waals surface area contributed by atoms with E-state index in [-0.39, 0.29) is 5.91 Å². The molecule has 1 rings (SSSR count). The number of carboxylic acids is 1. The lowest BCUT2D eigenvalue weighted by molar-refractivity contribution is -0.148. The summed E-state index contributed by atoms with van der Waals surface area (Å²) in [6.07, 6.45) is 5.80. The van der Waals surface area contributed by atoms with Gasteiger partial charge in [-0.25, -0.2) is 4.79 Å². The quantitative estimate of drug-likeness (QED) is 0.702. The first-order chi connectivity index (χ1) is 9.10. The summed E-state index contributed by atoms with van der Waals surface area (Å²) in [6, 6.07) is -0.605. The van der Waals surface area contributed by atoms with Crippen LogP contribution >= 0.6 is 0 Å². The molecule has 110 valence electrons. The van der Waals surface area contributed by atoms with Gasteiger partial charge < -0.3 is 15.7 Å². The van der Waals surface area contributed by atoms with Crippen LogP contribution in [0.4, 0.5) is 0 Å². The summed E-state index contributed by atoms with van der Waals surface area (Å²) in [4.78, 5) is 24.7. The number of nitrogens with zero attached hydrogens (tertiary/aromatic N) is 1. The summed E-state index contributed by atoms with van der Waals surface area (Å²) < 4.78 is 0. The maximum atomic E-state index is 12.1. The van der Waals surface area contributed by atoms with Crippen LogP contribution in [0.1, 0.15) is 51.9 Å². The van der Waals surface area contributed by atoms with Crippen molar-refractivity contribution in [1.29, 1.82) is 0 Å². The molecule has 0 aromatic rings. The first kappa shape index (κ1) is 16.0. The van der Waals surface area contributed by atoms with Crippen LogP contribution in [0.3, 0.4) is 0 Å². The normalized spacial score (nSPS) is 20.5. The third kappa shape index (κ3) is 4.82. The molecule has 3 N–H and O–H groups in total. The van der Waals surface area contributed by atoms with Gasteiger partial charge in [0.25, 0.3) is 0 Å². The molecule has 0 aromatic heterocycles. The second-order valence-electron chi connectivity index (χ2n) is 5.35. The van der Waals surface area contributed by atoms with Gasteiger partial charge in [0.05, 0.1) is 0 Å². The Morgan fingerprint density at radius 2 is 2.11 bits per heavy atom. The van der Waals surface area contributed by atoms with E-state index in [0.29, 0.717) is 31.8 Å². The third-order valence-electron chi connectivity index (χ3n) is 3.90. The Morgan fingerprint density at radius 1 is 1.37 bits per heavy atom. The molecule has 0 spiro atoms. The highest BCUT2D eigenvalue weighted by Crippen LogP contribution is 2.22. The number of likely N-dealkylation sites (tertiary alicyclic amines) is 1. The predicted molar refractivity (Wildman–Crippen MR) is 73.7 cm³/mol. The molecule has 0 aliphatic carbocycles. The number of carboxylic acid groups (broad SMARTS) is 1. The molecule has 2 atom stereocenters. The SMILES string of the molecule is CCCC(CCN)CCC(=O)N1CCC[C@@H]1C(=O)O. The van der Waals surface area contributed by atoms with Crippen molar-refractivity contribution in [2.24, 2.45) is 11.7 Å². The molecule has 19 heavy (non-hydrogen) atoms. The average Bonchev–Trinajstić information content (AvgIpc) is 2.85. The van der Waals surface area contributed by atoms with Gasteiger partial charge in [-0.05, 0) is 38.1 Å². The summed E-state index contributed by atoms with van der Waals surface area (Å²) >= 11 is 0. The highest BCUT2D eigenvalue weighted by molar-refractivity contribution is 5.84. The molecule has 1 fully saturated rings. The zero-order valence-electron chi connectivity index (χ0n) is 11.8. The van der Waals surface area contributed by atoms with Crippen molar-refractivity contribution in [2.75, 3.05) is 13.1 Å². The summed E-state index contributed by atoms with van der Waals surface area (Å²) in [6.45, 7) is 3.37. The van der Waals surface area contributed by atoms with Crippen molar-refractivity contribution in [1.82, 2.24) is 4.90 Å². The van der Waals surface area contributed by atoms with Crippen molar-refractivity contribution in [3.05, 3.63) is 0 Å². The number of aliphatic carboxylic acids is 1. The minimum atomic E-state index is -0.877. The maximum Gasteiger partial charge on any atom is 0.326 e. The third-order valence-corrected chi connectivity index (χ3v) is 3.90. The number of carbonyl (C=O) groups is 2. The first-order valence-electron chi connectivity index (χ1n) is 7.32. The number of hydrogen-bond acceptors (Lipinski definition) is 3. The van der Waals surface area contributed by atoms with Gasteiger partial charge in [0, 0.05) is 13.0 Å². The highest BCUT2D eigenvalue weighted by atomic mass is 16.4. The van der Waals surface area contributed by atoms with E-state index >= 15 is 0 Å². The van der Waals surface area contributed by atoms with E-state index in [1.807, 2.05) is 0 Å². The Kier molecular flexibility index (Phi) is 6.84. The molecule has 0 radical (unpaired) electrons. The Labute approximate surface area is 115 Å². The highest BCUT2D eigenvalue weighted by Gasteiger charge is 2.33. The van der Waals surface area contributed by atoms with Gasteiger partial charge >= 0.3 is 5.97 Å². The molecule has 1 heterocycles. The van der Waals surface area contributed by atoms with Crippen LogP contribution in [0.5, 0.6) is 0 Å². The van der Waals surface area contributed by atoms with Crippen LogP contribution in [0.15, 0.2) is 0 Å². The minimum Gasteiger partial charge on any atom is -0.480 e. The number of rotatable bonds is 8. The molecule has 1 amide bonds. The van der Waals surface area contributed by atoms with Crippen LogP contribution < -0.4 is 5.73 Å². The molecule has 0 aromatic carbocycles. The molecule has 0 saturated carbocycles. The van der Waals surface area contributed by atoms with Gasteiger partial charge in [-0.2, -0.15) is 0 Å². The smallest absolute Gasteiger partial charge is 0.326 e. The first-order valence-corrected chi connectivity index (χ1v) is 7.32. The lowest BCUT2D eigenvalue weighted by Gasteiger charge is -2.23. The van der Waals surface area contributed by atoms with Gasteiger partial charge in [-0.15, -0.1) is 0 Å². The van der Waals surface area contributed by atoms with Crippen molar-refractivity contribution < 1.29 is 14.7 Å². The second kappa shape index (κ2) is 8.15. The van der Waals surface area contributed by atoms with Crippen molar-refractivity contribution >= 4 is 11.9 Å². The second-order valence-corrected chi connectivity index (χ2v) is 5.35. The van der Waals surface area contributed by atoms with E-state index < -0.39 is 12.0 Å². The fraction of sp³-hybridized carbons (Fsp3) is 0.857. The van der Waals surface area contributed by atoms with E-state index in [1.54, 1.807) is 0 Å². The van der Waals surface area contributed by atoms with Crippen LogP contribution in [-0.2, 0) is 9.59 Å².